The van der Waals surface area contributed by atoms with Crippen LogP contribution in [-0.4, -0.2) is 22.1 Å². The van der Waals surface area contributed by atoms with Crippen LogP contribution in [0.1, 0.15) is 161 Å². The summed E-state index contributed by atoms with van der Waals surface area (Å²) in [7, 11) is -3.91. The predicted molar refractivity (Wildman–Crippen MR) is 165 cm³/mol. The normalized spacial score (nSPS) is 13.1. The van der Waals surface area contributed by atoms with E-state index in [9.17, 15) is 9.79 Å². The molecule has 0 aliphatic carbocycles. The molecule has 1 aromatic carbocycles. The fourth-order valence-corrected chi connectivity index (χ4v) is 9.41. The van der Waals surface area contributed by atoms with E-state index in [1.807, 2.05) is 6.07 Å². The zero-order valence-electron chi connectivity index (χ0n) is 24.6. The Morgan fingerprint density at radius 3 is 1.28 bits per heavy atom. The third-order valence-electron chi connectivity index (χ3n) is 8.06. The first-order valence-corrected chi connectivity index (χ1v) is 18.6. The molecule has 0 fully saturated rings. The molecule has 0 bridgehead atoms. The molecule has 2 N–H and O–H groups in total. The molecule has 0 atom stereocenters. The van der Waals surface area contributed by atoms with Gasteiger partial charge in [0.25, 0.3) is 0 Å². The number of unbranched alkanes of at least 4 members (excludes halogenated alkanes) is 18. The summed E-state index contributed by atoms with van der Waals surface area (Å²) in [6.45, 7) is 6.79. The van der Waals surface area contributed by atoms with E-state index < -0.39 is 7.06 Å². The quantitative estimate of drug-likeness (QED) is 0.0990. The van der Waals surface area contributed by atoms with Gasteiger partial charge in [-0.2, -0.15) is 0 Å². The van der Waals surface area contributed by atoms with Gasteiger partial charge in [-0.05, 0) is 0 Å². The van der Waals surface area contributed by atoms with Gasteiger partial charge in [0.05, 0.1) is 0 Å². The first kappa shape index (κ1) is 33.6. The van der Waals surface area contributed by atoms with E-state index in [4.69, 9.17) is 0 Å². The van der Waals surface area contributed by atoms with Gasteiger partial charge < -0.3 is 0 Å². The number of hydrogen-bond acceptors (Lipinski definition) is 2. The molecule has 0 radical (unpaired) electrons. The minimum absolute atomic E-state index is 0.587. The number of hydrogen-bond donors (Lipinski definition) is 2. The van der Waals surface area contributed by atoms with E-state index in [1.54, 1.807) is 0 Å². The standard InChI is InChI=1S/C33H63O2P/c1-4-7-10-13-16-19-22-27-32-28-23-24-29-33(32)36(34,35,30-25-20-17-14-11-8-5-2)31-26-21-18-15-12-9-6-3/h23-24,28-29,34-35H,4-22,25-27,30-31H2,1-3H3. The van der Waals surface area contributed by atoms with Crippen LogP contribution in [-0.2, 0) is 6.42 Å². The Morgan fingerprint density at radius 1 is 0.472 bits per heavy atom. The van der Waals surface area contributed by atoms with Crippen molar-refractivity contribution in [1.29, 1.82) is 0 Å². The van der Waals surface area contributed by atoms with Crippen LogP contribution in [0, 0.1) is 0 Å². The molecule has 0 saturated carbocycles. The Balaban J connectivity index is 2.77. The zero-order valence-corrected chi connectivity index (χ0v) is 25.5. The molecule has 1 rings (SSSR count). The van der Waals surface area contributed by atoms with Crippen LogP contribution in [0.25, 0.3) is 0 Å². The molecular weight excluding hydrogens is 459 g/mol. The average molecular weight is 523 g/mol. The minimum atomic E-state index is -3.91. The van der Waals surface area contributed by atoms with Gasteiger partial charge in [0.2, 0.25) is 0 Å². The molecule has 0 aliphatic rings. The summed E-state index contributed by atoms with van der Waals surface area (Å²) in [5.41, 5.74) is 1.21. The zero-order chi connectivity index (χ0) is 26.4. The van der Waals surface area contributed by atoms with Crippen molar-refractivity contribution in [3.8, 4) is 0 Å². The molecule has 212 valence electrons. The van der Waals surface area contributed by atoms with Crippen LogP contribution in [0.4, 0.5) is 0 Å². The Labute approximate surface area is 226 Å². The number of rotatable bonds is 25. The molecule has 0 aromatic heterocycles. The first-order chi connectivity index (χ1) is 17.5. The van der Waals surface area contributed by atoms with Gasteiger partial charge in [-0.3, -0.25) is 0 Å². The van der Waals surface area contributed by atoms with E-state index in [-0.39, 0.29) is 0 Å². The van der Waals surface area contributed by atoms with Crippen molar-refractivity contribution < 1.29 is 9.79 Å². The van der Waals surface area contributed by atoms with Crippen LogP contribution in [0.5, 0.6) is 0 Å². The molecule has 0 saturated heterocycles. The van der Waals surface area contributed by atoms with Gasteiger partial charge in [-0.1, -0.05) is 0 Å². The second-order valence-corrected chi connectivity index (χ2v) is 15.8. The molecule has 0 amide bonds. The van der Waals surface area contributed by atoms with Crippen molar-refractivity contribution in [2.45, 2.75) is 162 Å². The van der Waals surface area contributed by atoms with Crippen molar-refractivity contribution >= 4 is 12.4 Å². The van der Waals surface area contributed by atoms with Crippen LogP contribution in [0.2, 0.25) is 0 Å². The summed E-state index contributed by atoms with van der Waals surface area (Å²) in [6, 6.07) is 8.37. The fourth-order valence-electron chi connectivity index (χ4n) is 5.65. The van der Waals surface area contributed by atoms with Crippen LogP contribution < -0.4 is 5.30 Å². The molecule has 1 aromatic rings. The maximum atomic E-state index is 12.2. The van der Waals surface area contributed by atoms with E-state index in [2.05, 4.69) is 39.0 Å². The van der Waals surface area contributed by atoms with Gasteiger partial charge in [0.1, 0.15) is 0 Å². The van der Waals surface area contributed by atoms with Gasteiger partial charge in [-0.15, -0.1) is 0 Å². The Hall–Kier alpha value is -0.430. The third kappa shape index (κ3) is 14.5. The molecular formula is C33H63O2P. The second-order valence-electron chi connectivity index (χ2n) is 11.6. The van der Waals surface area contributed by atoms with Crippen molar-refractivity contribution in [2.75, 3.05) is 12.3 Å². The van der Waals surface area contributed by atoms with E-state index in [1.165, 1.54) is 108 Å². The molecule has 3 heteroatoms. The van der Waals surface area contributed by atoms with Crippen LogP contribution >= 0.6 is 7.06 Å². The second kappa shape index (κ2) is 20.5. The number of aryl methyl sites for hydroxylation is 1. The van der Waals surface area contributed by atoms with Gasteiger partial charge >= 0.3 is 226 Å². The topological polar surface area (TPSA) is 40.5 Å². The van der Waals surface area contributed by atoms with Gasteiger partial charge in [0, 0.05) is 0 Å². The van der Waals surface area contributed by atoms with Gasteiger partial charge in [-0.25, -0.2) is 0 Å². The van der Waals surface area contributed by atoms with Crippen molar-refractivity contribution in [1.82, 2.24) is 0 Å². The molecule has 2 nitrogen and oxygen atoms in total. The Bertz CT molecular complexity index is 620. The fraction of sp³-hybridized carbons (Fsp3) is 0.818. The van der Waals surface area contributed by atoms with Gasteiger partial charge in [0.15, 0.2) is 0 Å². The predicted octanol–water partition coefficient (Wildman–Crippen LogP) is 10.5. The number of benzene rings is 1. The maximum absolute atomic E-state index is 12.2. The molecule has 0 heterocycles. The van der Waals surface area contributed by atoms with Crippen molar-refractivity contribution in [3.05, 3.63) is 29.8 Å². The van der Waals surface area contributed by atoms with E-state index in [0.717, 1.165) is 43.8 Å². The third-order valence-corrected chi connectivity index (χ3v) is 12.1. The van der Waals surface area contributed by atoms with Crippen molar-refractivity contribution in [3.63, 3.8) is 0 Å². The first-order valence-electron chi connectivity index (χ1n) is 16.1. The summed E-state index contributed by atoms with van der Waals surface area (Å²) in [6.07, 6.45) is 28.2. The molecule has 0 spiro atoms. The molecule has 36 heavy (non-hydrogen) atoms. The molecule has 0 unspecified atom stereocenters. The van der Waals surface area contributed by atoms with Crippen LogP contribution in [0.3, 0.4) is 0 Å². The summed E-state index contributed by atoms with van der Waals surface area (Å²) < 4.78 is 0. The van der Waals surface area contributed by atoms with E-state index in [0.29, 0.717) is 12.3 Å². The van der Waals surface area contributed by atoms with Crippen molar-refractivity contribution in [2.24, 2.45) is 0 Å². The summed E-state index contributed by atoms with van der Waals surface area (Å²) in [5, 5.41) is 0.923. The Kier molecular flexibility index (Phi) is 19.2. The average Bonchev–Trinajstić information content (AvgIpc) is 2.87. The van der Waals surface area contributed by atoms with E-state index >= 15 is 0 Å². The summed E-state index contributed by atoms with van der Waals surface area (Å²) in [5.74, 6) is 0. The summed E-state index contributed by atoms with van der Waals surface area (Å²) >= 11 is 0. The summed E-state index contributed by atoms with van der Waals surface area (Å²) in [4.78, 5) is 24.4. The molecule has 0 aliphatic heterocycles. The van der Waals surface area contributed by atoms with Crippen LogP contribution in [0.15, 0.2) is 24.3 Å². The monoisotopic (exact) mass is 522 g/mol. The SMILES string of the molecule is CCCCCCCCCc1ccccc1P(O)(O)(CCCCCCCCC)CCCCCCCCC. The Morgan fingerprint density at radius 2 is 0.833 bits per heavy atom.